The van der Waals surface area contributed by atoms with Gasteiger partial charge in [-0.1, -0.05) is 6.07 Å². The Kier molecular flexibility index (Phi) is 4.39. The van der Waals surface area contributed by atoms with Crippen molar-refractivity contribution in [1.82, 2.24) is 24.4 Å². The average Bonchev–Trinajstić information content (AvgIpc) is 3.54. The van der Waals surface area contributed by atoms with Gasteiger partial charge in [-0.15, -0.1) is 0 Å². The van der Waals surface area contributed by atoms with Crippen LogP contribution in [0.2, 0.25) is 0 Å². The minimum atomic E-state index is 0.302. The number of nitrogen functional groups attached to an aromatic ring is 1. The largest absolute Gasteiger partial charge is 0.454 e. The predicted octanol–water partition coefficient (Wildman–Crippen LogP) is 2.51. The van der Waals surface area contributed by atoms with Crippen LogP contribution in [0.1, 0.15) is 5.56 Å². The second-order valence-electron chi connectivity index (χ2n) is 7.63. The first-order valence-corrected chi connectivity index (χ1v) is 11.1. The molecular formula is C21H21N7O2S. The molecule has 3 aromatic heterocycles. The van der Waals surface area contributed by atoms with Gasteiger partial charge < -0.3 is 20.1 Å². The van der Waals surface area contributed by atoms with Crippen LogP contribution in [0.5, 0.6) is 11.5 Å². The summed E-state index contributed by atoms with van der Waals surface area (Å²) < 4.78 is 12.9. The monoisotopic (exact) mass is 435 g/mol. The van der Waals surface area contributed by atoms with Crippen LogP contribution in [-0.4, -0.2) is 57.4 Å². The number of nitrogens with two attached hydrogens (primary N) is 1. The fourth-order valence-corrected chi connectivity index (χ4v) is 4.67. The second-order valence-corrected chi connectivity index (χ2v) is 8.41. The first kappa shape index (κ1) is 18.4. The normalized spacial score (nSPS) is 16.3. The van der Waals surface area contributed by atoms with Gasteiger partial charge in [0.25, 0.3) is 0 Å². The van der Waals surface area contributed by atoms with Gasteiger partial charge in [0.15, 0.2) is 28.5 Å². The number of imidazole rings is 1. The Morgan fingerprint density at radius 3 is 2.74 bits per heavy atom. The second kappa shape index (κ2) is 7.40. The molecule has 0 saturated carbocycles. The number of ether oxygens (including phenoxy) is 2. The third kappa shape index (κ3) is 3.33. The van der Waals surface area contributed by atoms with E-state index in [1.54, 1.807) is 17.7 Å². The molecule has 0 atom stereocenters. The highest BCUT2D eigenvalue weighted by Gasteiger charge is 2.22. The van der Waals surface area contributed by atoms with Gasteiger partial charge in [0.1, 0.15) is 6.33 Å². The Morgan fingerprint density at radius 2 is 1.90 bits per heavy atom. The molecule has 10 heteroatoms. The van der Waals surface area contributed by atoms with Crippen molar-refractivity contribution in [3.05, 3.63) is 46.9 Å². The van der Waals surface area contributed by atoms with E-state index in [2.05, 4.69) is 37.3 Å². The molecular weight excluding hydrogens is 414 g/mol. The first-order chi connectivity index (χ1) is 15.2. The van der Waals surface area contributed by atoms with Crippen molar-refractivity contribution < 1.29 is 9.47 Å². The molecule has 2 N–H and O–H groups in total. The minimum absolute atomic E-state index is 0.302. The van der Waals surface area contributed by atoms with E-state index in [1.165, 1.54) is 5.56 Å². The molecule has 1 aromatic carbocycles. The van der Waals surface area contributed by atoms with E-state index in [0.717, 1.165) is 55.6 Å². The maximum atomic E-state index is 6.22. The van der Waals surface area contributed by atoms with Gasteiger partial charge in [-0.25, -0.2) is 4.98 Å². The molecule has 0 amide bonds. The van der Waals surface area contributed by atoms with Crippen LogP contribution in [0.25, 0.3) is 16.9 Å². The number of thiophene rings is 1. The van der Waals surface area contributed by atoms with Crippen molar-refractivity contribution in [1.29, 1.82) is 0 Å². The lowest BCUT2D eigenvalue weighted by atomic mass is 10.1. The summed E-state index contributed by atoms with van der Waals surface area (Å²) in [5.41, 5.74) is 9.85. The molecule has 1 fully saturated rings. The van der Waals surface area contributed by atoms with Crippen LogP contribution in [0.15, 0.2) is 41.4 Å². The summed E-state index contributed by atoms with van der Waals surface area (Å²) >= 11 is 1.64. The molecule has 6 rings (SSSR count). The molecule has 0 unspecified atom stereocenters. The molecule has 2 aliphatic rings. The summed E-state index contributed by atoms with van der Waals surface area (Å²) in [5, 5.41) is 4.10. The molecule has 5 heterocycles. The van der Waals surface area contributed by atoms with Crippen LogP contribution < -0.4 is 20.1 Å². The SMILES string of the molecule is Nc1nc(N2CCN(Cc3ccc4c(c3)OCO4)CC2)nc2c1ncn2-c1ccsc1. The van der Waals surface area contributed by atoms with Crippen molar-refractivity contribution in [2.24, 2.45) is 0 Å². The van der Waals surface area contributed by atoms with Gasteiger partial charge in [0.05, 0.1) is 5.69 Å². The Hall–Kier alpha value is -3.37. The van der Waals surface area contributed by atoms with Crippen LogP contribution in [-0.2, 0) is 6.54 Å². The maximum absolute atomic E-state index is 6.22. The van der Waals surface area contributed by atoms with E-state index in [1.807, 2.05) is 22.1 Å². The van der Waals surface area contributed by atoms with Crippen molar-refractivity contribution in [3.63, 3.8) is 0 Å². The van der Waals surface area contributed by atoms with E-state index in [0.29, 0.717) is 24.1 Å². The molecule has 0 radical (unpaired) electrons. The summed E-state index contributed by atoms with van der Waals surface area (Å²) in [6, 6.07) is 8.19. The Balaban J connectivity index is 1.18. The molecule has 2 aliphatic heterocycles. The van der Waals surface area contributed by atoms with Crippen molar-refractivity contribution in [3.8, 4) is 17.2 Å². The zero-order valence-corrected chi connectivity index (χ0v) is 17.6. The highest BCUT2D eigenvalue weighted by atomic mass is 32.1. The lowest BCUT2D eigenvalue weighted by Gasteiger charge is -2.34. The van der Waals surface area contributed by atoms with Gasteiger partial charge in [-0.2, -0.15) is 21.3 Å². The summed E-state index contributed by atoms with van der Waals surface area (Å²) in [7, 11) is 0. The van der Waals surface area contributed by atoms with Crippen LogP contribution in [0.4, 0.5) is 11.8 Å². The Labute approximate surface area is 182 Å². The van der Waals surface area contributed by atoms with Crippen molar-refractivity contribution in [2.45, 2.75) is 6.54 Å². The standard InChI is InChI=1S/C21H21N7O2S/c22-19-18-20(28(12-23-18)15-3-8-31-11-15)25-21(24-19)27-6-4-26(5-7-27)10-14-1-2-16-17(9-14)30-13-29-16/h1-3,8-9,11-12H,4-7,10,13H2,(H2,22,24,25). The smallest absolute Gasteiger partial charge is 0.231 e. The molecule has 0 spiro atoms. The zero-order valence-electron chi connectivity index (χ0n) is 16.8. The number of benzene rings is 1. The quantitative estimate of drug-likeness (QED) is 0.523. The lowest BCUT2D eigenvalue weighted by Crippen LogP contribution is -2.46. The number of hydrogen-bond donors (Lipinski definition) is 1. The van der Waals surface area contributed by atoms with Crippen LogP contribution >= 0.6 is 11.3 Å². The number of fused-ring (bicyclic) bond motifs is 2. The van der Waals surface area contributed by atoms with Gasteiger partial charge in [0.2, 0.25) is 12.7 Å². The molecule has 158 valence electrons. The summed E-state index contributed by atoms with van der Waals surface area (Å²) in [4.78, 5) is 18.4. The number of nitrogens with zero attached hydrogens (tertiary/aromatic N) is 6. The molecule has 9 nitrogen and oxygen atoms in total. The fourth-order valence-electron chi connectivity index (χ4n) is 4.04. The number of aromatic nitrogens is 4. The molecule has 0 aliphatic carbocycles. The van der Waals surface area contributed by atoms with Gasteiger partial charge in [-0.3, -0.25) is 9.47 Å². The Morgan fingerprint density at radius 1 is 1.03 bits per heavy atom. The molecule has 4 aromatic rings. The molecule has 1 saturated heterocycles. The van der Waals surface area contributed by atoms with E-state index in [9.17, 15) is 0 Å². The van der Waals surface area contributed by atoms with Crippen LogP contribution in [0, 0.1) is 0 Å². The van der Waals surface area contributed by atoms with E-state index in [-0.39, 0.29) is 0 Å². The molecule has 31 heavy (non-hydrogen) atoms. The average molecular weight is 436 g/mol. The maximum Gasteiger partial charge on any atom is 0.231 e. The van der Waals surface area contributed by atoms with Crippen molar-refractivity contribution in [2.75, 3.05) is 43.6 Å². The number of rotatable bonds is 4. The van der Waals surface area contributed by atoms with Gasteiger partial charge in [-0.05, 0) is 29.1 Å². The Bertz CT molecular complexity index is 1230. The van der Waals surface area contributed by atoms with Crippen molar-refractivity contribution >= 4 is 34.3 Å². The fraction of sp³-hybridized carbons (Fsp3) is 0.286. The summed E-state index contributed by atoms with van der Waals surface area (Å²) in [6.07, 6.45) is 1.75. The zero-order chi connectivity index (χ0) is 20.8. The highest BCUT2D eigenvalue weighted by molar-refractivity contribution is 7.08. The van der Waals surface area contributed by atoms with E-state index >= 15 is 0 Å². The number of hydrogen-bond acceptors (Lipinski definition) is 9. The minimum Gasteiger partial charge on any atom is -0.454 e. The number of piperazine rings is 1. The van der Waals surface area contributed by atoms with Gasteiger partial charge >= 0.3 is 0 Å². The topological polar surface area (TPSA) is 94.6 Å². The number of anilines is 2. The highest BCUT2D eigenvalue weighted by Crippen LogP contribution is 2.33. The lowest BCUT2D eigenvalue weighted by molar-refractivity contribution is 0.174. The predicted molar refractivity (Wildman–Crippen MR) is 119 cm³/mol. The van der Waals surface area contributed by atoms with Crippen LogP contribution in [0.3, 0.4) is 0 Å². The summed E-state index contributed by atoms with van der Waals surface area (Å²) in [6.45, 7) is 4.68. The molecule has 0 bridgehead atoms. The third-order valence-electron chi connectivity index (χ3n) is 5.69. The summed E-state index contributed by atoms with van der Waals surface area (Å²) in [5.74, 6) is 2.72. The van der Waals surface area contributed by atoms with E-state index < -0.39 is 0 Å². The van der Waals surface area contributed by atoms with E-state index in [4.69, 9.17) is 20.2 Å². The van der Waals surface area contributed by atoms with Gasteiger partial charge in [0, 0.05) is 38.1 Å². The third-order valence-corrected chi connectivity index (χ3v) is 6.36. The first-order valence-electron chi connectivity index (χ1n) is 10.1.